The number of nitrogens with zero attached hydrogens (tertiary/aromatic N) is 2. The van der Waals surface area contributed by atoms with Gasteiger partial charge in [-0.3, -0.25) is 4.79 Å². The largest absolute Gasteiger partial charge is 0.395 e. The van der Waals surface area contributed by atoms with Gasteiger partial charge >= 0.3 is 0 Å². The molecule has 0 aliphatic carbocycles. The quantitative estimate of drug-likeness (QED) is 0.897. The van der Waals surface area contributed by atoms with Gasteiger partial charge < -0.3 is 15.3 Å². The molecule has 1 aliphatic rings. The van der Waals surface area contributed by atoms with Gasteiger partial charge in [0.2, 0.25) is 0 Å². The van der Waals surface area contributed by atoms with Crippen LogP contribution in [0.25, 0.3) is 10.2 Å². The second-order valence-corrected chi connectivity index (χ2v) is 6.34. The molecule has 6 heteroatoms. The molecule has 0 radical (unpaired) electrons. The van der Waals surface area contributed by atoms with E-state index >= 15 is 0 Å². The molecule has 3 heterocycles. The van der Waals surface area contributed by atoms with Gasteiger partial charge in [-0.15, -0.1) is 11.3 Å². The highest BCUT2D eigenvalue weighted by Crippen LogP contribution is 2.38. The van der Waals surface area contributed by atoms with Crippen molar-refractivity contribution in [3.8, 4) is 0 Å². The number of carbonyl (C=O) groups is 1. The van der Waals surface area contributed by atoms with Crippen molar-refractivity contribution >= 4 is 27.5 Å². The summed E-state index contributed by atoms with van der Waals surface area (Å²) in [5, 5.41) is 13.5. The molecule has 1 fully saturated rings. The monoisotopic (exact) mass is 305 g/mol. The number of hydrogen-bond donors (Lipinski definition) is 2. The molecule has 3 rings (SSSR count). The van der Waals surface area contributed by atoms with Gasteiger partial charge in [0.15, 0.2) is 0 Å². The van der Waals surface area contributed by atoms with Crippen LogP contribution in [0.5, 0.6) is 0 Å². The van der Waals surface area contributed by atoms with Crippen molar-refractivity contribution in [2.24, 2.45) is 0 Å². The van der Waals surface area contributed by atoms with E-state index in [2.05, 4.69) is 16.4 Å². The number of fused-ring (bicyclic) bond motifs is 1. The molecule has 0 bridgehead atoms. The second-order valence-electron chi connectivity index (χ2n) is 5.34. The van der Waals surface area contributed by atoms with Crippen molar-refractivity contribution < 1.29 is 9.90 Å². The van der Waals surface area contributed by atoms with Crippen molar-refractivity contribution in [3.05, 3.63) is 28.8 Å². The first-order chi connectivity index (χ1) is 10.2. The summed E-state index contributed by atoms with van der Waals surface area (Å²) < 4.78 is 0. The van der Waals surface area contributed by atoms with Gasteiger partial charge in [0.1, 0.15) is 4.83 Å². The third-order valence-corrected chi connectivity index (χ3v) is 5.07. The van der Waals surface area contributed by atoms with Crippen LogP contribution in [0.15, 0.2) is 18.3 Å². The van der Waals surface area contributed by atoms with Crippen LogP contribution in [0, 0.1) is 0 Å². The van der Waals surface area contributed by atoms with E-state index in [1.165, 1.54) is 11.3 Å². The molecule has 2 N–H and O–H groups in total. The average molecular weight is 305 g/mol. The molecule has 2 aromatic rings. The van der Waals surface area contributed by atoms with Gasteiger partial charge in [-0.2, -0.15) is 0 Å². The van der Waals surface area contributed by atoms with Gasteiger partial charge in [0.05, 0.1) is 11.5 Å². The number of amides is 1. The van der Waals surface area contributed by atoms with Crippen LogP contribution in [-0.2, 0) is 0 Å². The number of likely N-dealkylation sites (N-methyl/N-ethyl adjacent to an activating group) is 1. The van der Waals surface area contributed by atoms with E-state index in [0.29, 0.717) is 12.5 Å². The van der Waals surface area contributed by atoms with Gasteiger partial charge in [-0.05, 0) is 30.5 Å². The summed E-state index contributed by atoms with van der Waals surface area (Å²) in [6, 6.07) is 3.97. The Morgan fingerprint density at radius 2 is 2.48 bits per heavy atom. The molecular formula is C15H19N3O2S. The maximum Gasteiger partial charge on any atom is 0.264 e. The molecule has 21 heavy (non-hydrogen) atoms. The van der Waals surface area contributed by atoms with Gasteiger partial charge in [0.25, 0.3) is 5.91 Å². The zero-order valence-electron chi connectivity index (χ0n) is 12.0. The van der Waals surface area contributed by atoms with Crippen LogP contribution < -0.4 is 5.32 Å². The minimum absolute atomic E-state index is 0.0195. The van der Waals surface area contributed by atoms with E-state index in [1.807, 2.05) is 6.07 Å². The number of aromatic nitrogens is 1. The zero-order chi connectivity index (χ0) is 14.8. The summed E-state index contributed by atoms with van der Waals surface area (Å²) in [6.45, 7) is 2.22. The average Bonchev–Trinajstić information content (AvgIpc) is 3.13. The summed E-state index contributed by atoms with van der Waals surface area (Å²) in [5.41, 5.74) is 1.13. The van der Waals surface area contributed by atoms with E-state index in [0.717, 1.165) is 40.2 Å². The van der Waals surface area contributed by atoms with Crippen LogP contribution in [0.2, 0.25) is 0 Å². The Morgan fingerprint density at radius 3 is 3.19 bits per heavy atom. The Bertz CT molecular complexity index is 649. The van der Waals surface area contributed by atoms with Crippen LogP contribution in [0.1, 0.15) is 27.6 Å². The molecule has 1 saturated heterocycles. The highest BCUT2D eigenvalue weighted by Gasteiger charge is 2.28. The molecule has 1 amide bonds. The SMILES string of the molecule is CN(CCO)C(=O)c1sc2ncccc2c1[C@H]1CCNC1. The van der Waals surface area contributed by atoms with Gasteiger partial charge in [0, 0.05) is 31.7 Å². The molecule has 112 valence electrons. The van der Waals surface area contributed by atoms with Crippen molar-refractivity contribution in [1.29, 1.82) is 0 Å². The molecule has 0 aromatic carbocycles. The number of rotatable bonds is 4. The predicted molar refractivity (Wildman–Crippen MR) is 83.9 cm³/mol. The van der Waals surface area contributed by atoms with E-state index in [9.17, 15) is 4.79 Å². The molecule has 2 aromatic heterocycles. The van der Waals surface area contributed by atoms with E-state index in [4.69, 9.17) is 5.11 Å². The first-order valence-electron chi connectivity index (χ1n) is 7.17. The van der Waals surface area contributed by atoms with E-state index < -0.39 is 0 Å². The lowest BCUT2D eigenvalue weighted by molar-refractivity contribution is 0.0770. The number of hydrogen-bond acceptors (Lipinski definition) is 5. The first-order valence-corrected chi connectivity index (χ1v) is 7.98. The molecule has 0 unspecified atom stereocenters. The maximum absolute atomic E-state index is 12.7. The van der Waals surface area contributed by atoms with Crippen LogP contribution in [0.4, 0.5) is 0 Å². The fourth-order valence-corrected chi connectivity index (χ4v) is 4.07. The fraction of sp³-hybridized carbons (Fsp3) is 0.467. The van der Waals surface area contributed by atoms with E-state index in [-0.39, 0.29) is 12.5 Å². The highest BCUT2D eigenvalue weighted by molar-refractivity contribution is 7.20. The van der Waals surface area contributed by atoms with Crippen LogP contribution in [0.3, 0.4) is 0 Å². The lowest BCUT2D eigenvalue weighted by Crippen LogP contribution is -2.29. The normalized spacial score (nSPS) is 18.3. The Labute approximate surface area is 127 Å². The standard InChI is InChI=1S/C15H19N3O2S/c1-18(7-8-19)15(20)13-12(10-4-6-16-9-10)11-3-2-5-17-14(11)21-13/h2-3,5,10,16,19H,4,6-9H2,1H3/t10-/m0/s1. The third-order valence-electron chi connectivity index (χ3n) is 3.95. The number of pyridine rings is 1. The van der Waals surface area contributed by atoms with Gasteiger partial charge in [-0.25, -0.2) is 4.98 Å². The minimum Gasteiger partial charge on any atom is -0.395 e. The second kappa shape index (κ2) is 6.09. The summed E-state index contributed by atoms with van der Waals surface area (Å²) >= 11 is 1.46. The molecule has 0 spiro atoms. The Morgan fingerprint density at radius 1 is 1.62 bits per heavy atom. The lowest BCUT2D eigenvalue weighted by atomic mass is 9.95. The number of aliphatic hydroxyl groups excluding tert-OH is 1. The van der Waals surface area contributed by atoms with Crippen LogP contribution in [-0.4, -0.2) is 54.2 Å². The van der Waals surface area contributed by atoms with Crippen LogP contribution >= 0.6 is 11.3 Å². The topological polar surface area (TPSA) is 65.5 Å². The Hall–Kier alpha value is -1.50. The minimum atomic E-state index is -0.0221. The summed E-state index contributed by atoms with van der Waals surface area (Å²) in [6.07, 6.45) is 2.81. The first kappa shape index (κ1) is 14.4. The lowest BCUT2D eigenvalue weighted by Gasteiger charge is -2.17. The van der Waals surface area contributed by atoms with E-state index in [1.54, 1.807) is 18.1 Å². The molecule has 0 saturated carbocycles. The number of thiophene rings is 1. The molecule has 1 aliphatic heterocycles. The molecule has 1 atom stereocenters. The summed E-state index contributed by atoms with van der Waals surface area (Å²) in [7, 11) is 1.73. The Balaban J connectivity index is 2.08. The van der Waals surface area contributed by atoms with Gasteiger partial charge in [-0.1, -0.05) is 6.07 Å². The van der Waals surface area contributed by atoms with Crippen molar-refractivity contribution in [1.82, 2.24) is 15.2 Å². The van der Waals surface area contributed by atoms with Crippen molar-refractivity contribution in [3.63, 3.8) is 0 Å². The maximum atomic E-state index is 12.7. The number of carbonyl (C=O) groups excluding carboxylic acids is 1. The summed E-state index contributed by atoms with van der Waals surface area (Å²) in [4.78, 5) is 20.3. The zero-order valence-corrected chi connectivity index (χ0v) is 12.8. The van der Waals surface area contributed by atoms with Crippen molar-refractivity contribution in [2.45, 2.75) is 12.3 Å². The number of nitrogens with one attached hydrogen (secondary N) is 1. The summed E-state index contributed by atoms with van der Waals surface area (Å²) in [5.74, 6) is 0.346. The Kier molecular flexibility index (Phi) is 4.19. The predicted octanol–water partition coefficient (Wildman–Crippen LogP) is 1.44. The third kappa shape index (κ3) is 2.66. The smallest absolute Gasteiger partial charge is 0.264 e. The molecule has 5 nitrogen and oxygen atoms in total. The van der Waals surface area contributed by atoms with Crippen molar-refractivity contribution in [2.75, 3.05) is 33.3 Å². The highest BCUT2D eigenvalue weighted by atomic mass is 32.1. The molecular weight excluding hydrogens is 286 g/mol. The number of aliphatic hydroxyl groups is 1. The fourth-order valence-electron chi connectivity index (χ4n) is 2.84.